The van der Waals surface area contributed by atoms with Gasteiger partial charge >= 0.3 is 0 Å². The van der Waals surface area contributed by atoms with Crippen molar-refractivity contribution in [2.75, 3.05) is 29.0 Å². The van der Waals surface area contributed by atoms with Gasteiger partial charge in [0.2, 0.25) is 11.9 Å². The molecule has 2 aliphatic rings. The Morgan fingerprint density at radius 1 is 0.893 bits per heavy atom. The van der Waals surface area contributed by atoms with Gasteiger partial charge in [0.25, 0.3) is 0 Å². The van der Waals surface area contributed by atoms with Crippen LogP contribution in [0, 0.1) is 0 Å². The maximum Gasteiger partial charge on any atom is 0.232 e. The molecule has 1 aromatic heterocycles. The summed E-state index contributed by atoms with van der Waals surface area (Å²) in [5.41, 5.74) is 8.39. The zero-order valence-corrected chi connectivity index (χ0v) is 15.5. The van der Waals surface area contributed by atoms with Crippen LogP contribution in [0.15, 0.2) is 54.6 Å². The van der Waals surface area contributed by atoms with Crippen LogP contribution in [0.1, 0.15) is 12.8 Å². The molecular formula is C21H22N6O. The molecule has 142 valence electrons. The number of rotatable bonds is 4. The monoisotopic (exact) mass is 374 g/mol. The number of nitrogen functional groups attached to an aromatic ring is 1. The van der Waals surface area contributed by atoms with Gasteiger partial charge in [-0.2, -0.15) is 15.0 Å². The summed E-state index contributed by atoms with van der Waals surface area (Å²) in [7, 11) is 0. The number of fused-ring (bicyclic) bond motifs is 2. The van der Waals surface area contributed by atoms with Crippen LogP contribution >= 0.6 is 0 Å². The van der Waals surface area contributed by atoms with Gasteiger partial charge in [-0.15, -0.1) is 0 Å². The van der Waals surface area contributed by atoms with E-state index in [9.17, 15) is 0 Å². The van der Waals surface area contributed by atoms with Crippen molar-refractivity contribution < 1.29 is 4.74 Å². The van der Waals surface area contributed by atoms with Crippen LogP contribution in [-0.4, -0.2) is 40.2 Å². The van der Waals surface area contributed by atoms with Crippen molar-refractivity contribution in [3.8, 4) is 11.4 Å². The highest BCUT2D eigenvalue weighted by Gasteiger charge is 2.35. The minimum absolute atomic E-state index is 0.265. The first kappa shape index (κ1) is 16.9. The molecule has 0 aliphatic carbocycles. The molecule has 0 saturated carbocycles. The van der Waals surface area contributed by atoms with Crippen molar-refractivity contribution in [2.24, 2.45) is 0 Å². The predicted octanol–water partition coefficient (Wildman–Crippen LogP) is 3.23. The van der Waals surface area contributed by atoms with E-state index in [1.807, 2.05) is 54.6 Å². The number of anilines is 4. The molecule has 3 heterocycles. The fourth-order valence-corrected chi connectivity index (χ4v) is 3.75. The molecule has 0 radical (unpaired) electrons. The van der Waals surface area contributed by atoms with Crippen LogP contribution in [0.3, 0.4) is 0 Å². The molecule has 2 fully saturated rings. The van der Waals surface area contributed by atoms with E-state index < -0.39 is 0 Å². The molecule has 7 nitrogen and oxygen atoms in total. The molecule has 2 aliphatic heterocycles. The normalized spacial score (nSPS) is 20.9. The Labute approximate surface area is 163 Å². The van der Waals surface area contributed by atoms with Gasteiger partial charge in [-0.3, -0.25) is 0 Å². The fourth-order valence-electron chi connectivity index (χ4n) is 3.75. The lowest BCUT2D eigenvalue weighted by Gasteiger charge is -2.32. The third-order valence-corrected chi connectivity index (χ3v) is 5.15. The molecule has 2 saturated heterocycles. The second-order valence-corrected chi connectivity index (χ2v) is 7.26. The number of nitrogens with one attached hydrogen (secondary N) is 1. The molecule has 28 heavy (non-hydrogen) atoms. The molecule has 0 amide bonds. The second kappa shape index (κ2) is 7.09. The summed E-state index contributed by atoms with van der Waals surface area (Å²) in [6, 6.07) is 17.5. The summed E-state index contributed by atoms with van der Waals surface area (Å²) in [6.45, 7) is 1.62. The van der Waals surface area contributed by atoms with Gasteiger partial charge in [-0.1, -0.05) is 18.2 Å². The number of hydrogen-bond acceptors (Lipinski definition) is 7. The number of benzene rings is 2. The summed E-state index contributed by atoms with van der Waals surface area (Å²) >= 11 is 0. The van der Waals surface area contributed by atoms with Crippen LogP contribution < -0.4 is 16.0 Å². The summed E-state index contributed by atoms with van der Waals surface area (Å²) in [5, 5.41) is 3.30. The molecule has 2 bridgehead atoms. The van der Waals surface area contributed by atoms with E-state index in [1.54, 1.807) is 0 Å². The second-order valence-electron chi connectivity index (χ2n) is 7.26. The van der Waals surface area contributed by atoms with Gasteiger partial charge in [0, 0.05) is 30.0 Å². The lowest BCUT2D eigenvalue weighted by atomic mass is 10.2. The number of hydrogen-bond donors (Lipinski definition) is 2. The van der Waals surface area contributed by atoms with Gasteiger partial charge < -0.3 is 20.7 Å². The lowest BCUT2D eigenvalue weighted by Crippen LogP contribution is -2.43. The minimum atomic E-state index is 0.265. The maximum atomic E-state index is 5.96. The fraction of sp³-hybridized carbons (Fsp3) is 0.286. The lowest BCUT2D eigenvalue weighted by molar-refractivity contribution is 0.0299. The van der Waals surface area contributed by atoms with Crippen LogP contribution in [0.2, 0.25) is 0 Å². The highest BCUT2D eigenvalue weighted by Crippen LogP contribution is 2.30. The molecule has 2 unspecified atom stereocenters. The predicted molar refractivity (Wildman–Crippen MR) is 110 cm³/mol. The van der Waals surface area contributed by atoms with Gasteiger partial charge in [-0.25, -0.2) is 0 Å². The number of nitrogens with zero attached hydrogens (tertiary/aromatic N) is 4. The smallest absolute Gasteiger partial charge is 0.232 e. The standard InChI is InChI=1S/C21H22N6O/c22-15-8-6-14(7-9-15)19-24-20(23-16-4-2-1-3-5-16)26-21(25-19)27-12-17-10-11-18(13-27)28-17/h1-9,17-18H,10-13,22H2,(H,23,24,25,26). The first-order chi connectivity index (χ1) is 13.7. The molecule has 0 spiro atoms. The van der Waals surface area contributed by atoms with Gasteiger partial charge in [0.1, 0.15) is 0 Å². The molecule has 3 aromatic rings. The number of ether oxygens (including phenoxy) is 1. The summed E-state index contributed by atoms with van der Waals surface area (Å²) in [5.74, 6) is 1.84. The molecule has 5 rings (SSSR count). The number of aromatic nitrogens is 3. The van der Waals surface area contributed by atoms with Crippen molar-refractivity contribution in [1.29, 1.82) is 0 Å². The van der Waals surface area contributed by atoms with Crippen LogP contribution in [0.5, 0.6) is 0 Å². The first-order valence-corrected chi connectivity index (χ1v) is 9.57. The van der Waals surface area contributed by atoms with Crippen molar-refractivity contribution in [3.05, 3.63) is 54.6 Å². The van der Waals surface area contributed by atoms with Crippen molar-refractivity contribution >= 4 is 23.3 Å². The Kier molecular flexibility index (Phi) is 4.29. The van der Waals surface area contributed by atoms with Gasteiger partial charge in [-0.05, 0) is 49.2 Å². The van der Waals surface area contributed by atoms with Crippen LogP contribution in [0.4, 0.5) is 23.3 Å². The van der Waals surface area contributed by atoms with E-state index in [0.29, 0.717) is 23.4 Å². The maximum absolute atomic E-state index is 5.96. The quantitative estimate of drug-likeness (QED) is 0.678. The number of para-hydroxylation sites is 1. The van der Waals surface area contributed by atoms with E-state index in [1.165, 1.54) is 0 Å². The van der Waals surface area contributed by atoms with E-state index in [0.717, 1.165) is 37.2 Å². The first-order valence-electron chi connectivity index (χ1n) is 9.57. The number of nitrogens with two attached hydrogens (primary N) is 1. The van der Waals surface area contributed by atoms with E-state index in [-0.39, 0.29) is 12.2 Å². The molecule has 2 atom stereocenters. The summed E-state index contributed by atoms with van der Waals surface area (Å²) in [4.78, 5) is 16.3. The van der Waals surface area contributed by atoms with Crippen LogP contribution in [-0.2, 0) is 4.74 Å². The molecule has 3 N–H and O–H groups in total. The SMILES string of the molecule is Nc1ccc(-c2nc(Nc3ccccc3)nc(N3CC4CCC(C3)O4)n2)cc1. The molecule has 7 heteroatoms. The topological polar surface area (TPSA) is 89.2 Å². The van der Waals surface area contributed by atoms with E-state index in [4.69, 9.17) is 20.4 Å². The highest BCUT2D eigenvalue weighted by molar-refractivity contribution is 5.63. The summed E-state index contributed by atoms with van der Waals surface area (Å²) < 4.78 is 5.96. The average Bonchev–Trinajstić information content (AvgIpc) is 3.06. The van der Waals surface area contributed by atoms with Gasteiger partial charge in [0.05, 0.1) is 12.2 Å². The van der Waals surface area contributed by atoms with E-state index >= 15 is 0 Å². The largest absolute Gasteiger partial charge is 0.399 e. The Bertz CT molecular complexity index is 950. The highest BCUT2D eigenvalue weighted by atomic mass is 16.5. The Balaban J connectivity index is 1.52. The zero-order valence-electron chi connectivity index (χ0n) is 15.5. The zero-order chi connectivity index (χ0) is 18.9. The Morgan fingerprint density at radius 2 is 1.61 bits per heavy atom. The summed E-state index contributed by atoms with van der Waals surface area (Å²) in [6.07, 6.45) is 2.74. The molecular weight excluding hydrogens is 352 g/mol. The van der Waals surface area contributed by atoms with Crippen molar-refractivity contribution in [3.63, 3.8) is 0 Å². The number of morpholine rings is 1. The molecule has 2 aromatic carbocycles. The Morgan fingerprint density at radius 3 is 2.32 bits per heavy atom. The van der Waals surface area contributed by atoms with Gasteiger partial charge in [0.15, 0.2) is 5.82 Å². The Hall–Kier alpha value is -3.19. The van der Waals surface area contributed by atoms with E-state index in [2.05, 4.69) is 15.2 Å². The average molecular weight is 374 g/mol. The third-order valence-electron chi connectivity index (χ3n) is 5.15. The minimum Gasteiger partial charge on any atom is -0.399 e. The van der Waals surface area contributed by atoms with Crippen molar-refractivity contribution in [1.82, 2.24) is 15.0 Å². The van der Waals surface area contributed by atoms with Crippen molar-refractivity contribution in [2.45, 2.75) is 25.0 Å². The van der Waals surface area contributed by atoms with Crippen LogP contribution in [0.25, 0.3) is 11.4 Å². The third kappa shape index (κ3) is 3.48.